The molecule has 0 spiro atoms. The smallest absolute Gasteiger partial charge is 0.238 e. The first-order valence-corrected chi connectivity index (χ1v) is 7.57. The third kappa shape index (κ3) is 5.57. The summed E-state index contributed by atoms with van der Waals surface area (Å²) in [6.45, 7) is 2.29. The molecular formula is C16H26ClN3O3. The number of carbonyl (C=O) groups excluding carboxylic acids is 1. The van der Waals surface area contributed by atoms with Crippen LogP contribution in [0.15, 0.2) is 18.2 Å². The number of hydrogen-bond acceptors (Lipinski definition) is 5. The van der Waals surface area contributed by atoms with Crippen LogP contribution in [0, 0.1) is 0 Å². The predicted molar refractivity (Wildman–Crippen MR) is 93.9 cm³/mol. The van der Waals surface area contributed by atoms with Gasteiger partial charge in [-0.2, -0.15) is 0 Å². The van der Waals surface area contributed by atoms with Gasteiger partial charge in [0.05, 0.1) is 20.8 Å². The molecular weight excluding hydrogens is 318 g/mol. The van der Waals surface area contributed by atoms with E-state index in [2.05, 4.69) is 15.5 Å². The number of methoxy groups -OCH3 is 2. The summed E-state index contributed by atoms with van der Waals surface area (Å²) >= 11 is 0. The highest BCUT2D eigenvalue weighted by atomic mass is 35.5. The lowest BCUT2D eigenvalue weighted by atomic mass is 10.1. The first-order chi connectivity index (χ1) is 10.7. The Bertz CT molecular complexity index is 513. The lowest BCUT2D eigenvalue weighted by Crippen LogP contribution is -2.46. The maximum atomic E-state index is 12.2. The average molecular weight is 344 g/mol. The number of anilines is 1. The highest BCUT2D eigenvalue weighted by molar-refractivity contribution is 5.92. The molecule has 1 aromatic carbocycles. The molecule has 1 heterocycles. The Labute approximate surface area is 143 Å². The molecule has 1 atom stereocenters. The Balaban J connectivity index is 0.00000264. The summed E-state index contributed by atoms with van der Waals surface area (Å²) in [6, 6.07) is 5.84. The van der Waals surface area contributed by atoms with Crippen molar-refractivity contribution >= 4 is 24.0 Å². The average Bonchev–Trinajstić information content (AvgIpc) is 2.54. The standard InChI is InChI=1S/C16H25N3O3.ClH/c1-17-13-5-4-8-19(10-13)11-16(20)18-12-6-7-14(21-2)15(9-12)22-3;/h6-7,9,13,17H,4-5,8,10-11H2,1-3H3,(H,18,20);1H. The first kappa shape index (κ1) is 19.5. The van der Waals surface area contributed by atoms with Gasteiger partial charge in [-0.1, -0.05) is 0 Å². The van der Waals surface area contributed by atoms with E-state index in [0.29, 0.717) is 29.8 Å². The Morgan fingerprint density at radius 1 is 1.30 bits per heavy atom. The van der Waals surface area contributed by atoms with Gasteiger partial charge in [0.2, 0.25) is 5.91 Å². The molecule has 1 aliphatic heterocycles. The van der Waals surface area contributed by atoms with Crippen LogP contribution in [0.5, 0.6) is 11.5 Å². The number of nitrogens with zero attached hydrogens (tertiary/aromatic N) is 1. The van der Waals surface area contributed by atoms with E-state index in [1.807, 2.05) is 13.1 Å². The number of halogens is 1. The van der Waals surface area contributed by atoms with E-state index in [1.165, 1.54) is 6.42 Å². The fraction of sp³-hybridized carbons (Fsp3) is 0.562. The number of likely N-dealkylation sites (tertiary alicyclic amines) is 1. The summed E-state index contributed by atoms with van der Waals surface area (Å²) in [5, 5.41) is 6.19. The molecule has 1 saturated heterocycles. The van der Waals surface area contributed by atoms with Gasteiger partial charge in [0.25, 0.3) is 0 Å². The maximum Gasteiger partial charge on any atom is 0.238 e. The molecule has 1 fully saturated rings. The second-order valence-corrected chi connectivity index (χ2v) is 5.48. The van der Waals surface area contributed by atoms with Crippen LogP contribution in [0.2, 0.25) is 0 Å². The zero-order valence-corrected chi connectivity index (χ0v) is 14.7. The highest BCUT2D eigenvalue weighted by Gasteiger charge is 2.20. The Kier molecular flexibility index (Phi) is 8.16. The third-order valence-electron chi connectivity index (χ3n) is 3.95. The summed E-state index contributed by atoms with van der Waals surface area (Å²) in [7, 11) is 5.14. The van der Waals surface area contributed by atoms with Crippen molar-refractivity contribution in [2.45, 2.75) is 18.9 Å². The van der Waals surface area contributed by atoms with Gasteiger partial charge < -0.3 is 20.1 Å². The molecule has 1 aromatic rings. The lowest BCUT2D eigenvalue weighted by molar-refractivity contribution is -0.117. The highest BCUT2D eigenvalue weighted by Crippen LogP contribution is 2.29. The first-order valence-electron chi connectivity index (χ1n) is 7.57. The molecule has 0 saturated carbocycles. The molecule has 0 aliphatic carbocycles. The number of carbonyl (C=O) groups is 1. The largest absolute Gasteiger partial charge is 0.493 e. The van der Waals surface area contributed by atoms with E-state index in [9.17, 15) is 4.79 Å². The molecule has 130 valence electrons. The van der Waals surface area contributed by atoms with E-state index >= 15 is 0 Å². The van der Waals surface area contributed by atoms with Crippen molar-refractivity contribution in [2.24, 2.45) is 0 Å². The molecule has 7 heteroatoms. The Morgan fingerprint density at radius 2 is 2.04 bits per heavy atom. The number of piperidine rings is 1. The van der Waals surface area contributed by atoms with Crippen molar-refractivity contribution in [3.63, 3.8) is 0 Å². The molecule has 0 radical (unpaired) electrons. The van der Waals surface area contributed by atoms with Crippen LogP contribution in [0.4, 0.5) is 5.69 Å². The summed E-state index contributed by atoms with van der Waals surface area (Å²) < 4.78 is 10.4. The van der Waals surface area contributed by atoms with Gasteiger partial charge in [-0.15, -0.1) is 12.4 Å². The molecule has 23 heavy (non-hydrogen) atoms. The minimum Gasteiger partial charge on any atom is -0.493 e. The van der Waals surface area contributed by atoms with Gasteiger partial charge in [-0.25, -0.2) is 0 Å². The summed E-state index contributed by atoms with van der Waals surface area (Å²) in [4.78, 5) is 14.4. The van der Waals surface area contributed by atoms with Gasteiger partial charge in [-0.05, 0) is 38.6 Å². The Hall–Kier alpha value is -1.50. The molecule has 2 N–H and O–H groups in total. The van der Waals surface area contributed by atoms with Crippen LogP contribution in [-0.2, 0) is 4.79 Å². The van der Waals surface area contributed by atoms with E-state index in [0.717, 1.165) is 19.5 Å². The zero-order valence-electron chi connectivity index (χ0n) is 13.9. The molecule has 2 rings (SSSR count). The summed E-state index contributed by atoms with van der Waals surface area (Å²) in [6.07, 6.45) is 2.29. The minimum atomic E-state index is -0.0102. The number of hydrogen-bond donors (Lipinski definition) is 2. The lowest BCUT2D eigenvalue weighted by Gasteiger charge is -2.31. The van der Waals surface area contributed by atoms with Gasteiger partial charge >= 0.3 is 0 Å². The van der Waals surface area contributed by atoms with E-state index in [1.54, 1.807) is 26.4 Å². The van der Waals surface area contributed by atoms with Crippen LogP contribution >= 0.6 is 12.4 Å². The van der Waals surface area contributed by atoms with Crippen molar-refractivity contribution in [3.8, 4) is 11.5 Å². The van der Waals surface area contributed by atoms with Crippen LogP contribution in [0.25, 0.3) is 0 Å². The fourth-order valence-corrected chi connectivity index (χ4v) is 2.75. The van der Waals surface area contributed by atoms with Crippen LogP contribution in [-0.4, -0.2) is 57.8 Å². The van der Waals surface area contributed by atoms with Crippen LogP contribution in [0.3, 0.4) is 0 Å². The van der Waals surface area contributed by atoms with Crippen LogP contribution < -0.4 is 20.1 Å². The molecule has 6 nitrogen and oxygen atoms in total. The van der Waals surface area contributed by atoms with E-state index < -0.39 is 0 Å². The van der Waals surface area contributed by atoms with Gasteiger partial charge in [0.15, 0.2) is 11.5 Å². The molecule has 1 amide bonds. The monoisotopic (exact) mass is 343 g/mol. The van der Waals surface area contributed by atoms with Crippen molar-refractivity contribution in [1.29, 1.82) is 0 Å². The fourth-order valence-electron chi connectivity index (χ4n) is 2.75. The van der Waals surface area contributed by atoms with E-state index in [4.69, 9.17) is 9.47 Å². The molecule has 1 unspecified atom stereocenters. The summed E-state index contributed by atoms with van der Waals surface area (Å²) in [5.41, 5.74) is 0.713. The van der Waals surface area contributed by atoms with E-state index in [-0.39, 0.29) is 18.3 Å². The topological polar surface area (TPSA) is 62.8 Å². The molecule has 1 aliphatic rings. The molecule has 0 bridgehead atoms. The second kappa shape index (κ2) is 9.60. The summed E-state index contributed by atoms with van der Waals surface area (Å²) in [5.74, 6) is 1.24. The number of benzene rings is 1. The van der Waals surface area contributed by atoms with Gasteiger partial charge in [0.1, 0.15) is 0 Å². The molecule has 0 aromatic heterocycles. The number of ether oxygens (including phenoxy) is 2. The van der Waals surface area contributed by atoms with Crippen molar-refractivity contribution < 1.29 is 14.3 Å². The predicted octanol–water partition coefficient (Wildman–Crippen LogP) is 1.75. The van der Waals surface area contributed by atoms with Gasteiger partial charge in [0, 0.05) is 24.3 Å². The van der Waals surface area contributed by atoms with Gasteiger partial charge in [-0.3, -0.25) is 9.69 Å². The number of nitrogens with one attached hydrogen (secondary N) is 2. The van der Waals surface area contributed by atoms with Crippen LogP contribution in [0.1, 0.15) is 12.8 Å². The quantitative estimate of drug-likeness (QED) is 0.824. The number of rotatable bonds is 6. The van der Waals surface area contributed by atoms with Crippen molar-refractivity contribution in [1.82, 2.24) is 10.2 Å². The van der Waals surface area contributed by atoms with Crippen molar-refractivity contribution in [2.75, 3.05) is 46.2 Å². The number of likely N-dealkylation sites (N-methyl/N-ethyl adjacent to an activating group) is 1. The SMILES string of the molecule is CNC1CCCN(CC(=O)Nc2ccc(OC)c(OC)c2)C1.Cl. The Morgan fingerprint density at radius 3 is 2.70 bits per heavy atom. The minimum absolute atomic E-state index is 0. The normalized spacial score (nSPS) is 18.0. The second-order valence-electron chi connectivity index (χ2n) is 5.48. The van der Waals surface area contributed by atoms with Crippen molar-refractivity contribution in [3.05, 3.63) is 18.2 Å². The number of amides is 1. The third-order valence-corrected chi connectivity index (χ3v) is 3.95. The maximum absolute atomic E-state index is 12.2. The zero-order chi connectivity index (χ0) is 15.9.